The van der Waals surface area contributed by atoms with Gasteiger partial charge in [-0.15, -0.1) is 0 Å². The van der Waals surface area contributed by atoms with Gasteiger partial charge in [-0.05, 0) is 125 Å². The molecule has 2 aliphatic carbocycles. The van der Waals surface area contributed by atoms with E-state index >= 15 is 0 Å². The molecular formula is C61H49NSi. The molecule has 3 aliphatic rings. The quantitative estimate of drug-likeness (QED) is 0.151. The minimum absolute atomic E-state index is 0.105. The molecule has 0 bridgehead atoms. The predicted molar refractivity (Wildman–Crippen MR) is 269 cm³/mol. The first-order chi connectivity index (χ1) is 30.7. The van der Waals surface area contributed by atoms with Gasteiger partial charge < -0.3 is 4.90 Å². The molecule has 0 unspecified atom stereocenters. The van der Waals surface area contributed by atoms with Crippen LogP contribution in [0.5, 0.6) is 0 Å². The van der Waals surface area contributed by atoms with Gasteiger partial charge in [0.25, 0.3) is 0 Å². The zero-order valence-corrected chi connectivity index (χ0v) is 37.6. The Morgan fingerprint density at radius 2 is 0.841 bits per heavy atom. The molecule has 9 aromatic carbocycles. The largest absolute Gasteiger partial charge is 0.310 e. The van der Waals surface area contributed by atoms with Crippen LogP contribution in [0.3, 0.4) is 0 Å². The number of benzene rings is 9. The van der Waals surface area contributed by atoms with E-state index in [0.29, 0.717) is 0 Å². The molecule has 0 radical (unpaired) electrons. The smallest absolute Gasteiger partial charge is 0.180 e. The molecule has 0 N–H and O–H groups in total. The summed E-state index contributed by atoms with van der Waals surface area (Å²) < 4.78 is 0. The summed E-state index contributed by atoms with van der Waals surface area (Å²) in [5.41, 5.74) is 20.6. The molecule has 0 aromatic heterocycles. The van der Waals surface area contributed by atoms with Crippen molar-refractivity contribution in [3.63, 3.8) is 0 Å². The average molecular weight is 824 g/mol. The SMILES string of the molecule is Cc1ccc([Si]2(c3ccccc3)c3ccccc3-c3ccccc32)cc1N(c1ccc2c(c1)C(C)(C)c1ccccc1-2)c1ccccc1-c1ccc2c(c1)C(C)(C)c1ccccc1-2. The van der Waals surface area contributed by atoms with Gasteiger partial charge in [-0.1, -0.05) is 204 Å². The van der Waals surface area contributed by atoms with Crippen LogP contribution < -0.4 is 25.6 Å². The summed E-state index contributed by atoms with van der Waals surface area (Å²) in [5, 5.41) is 5.71. The first-order valence-corrected chi connectivity index (χ1v) is 24.4. The standard InChI is InChI=1S/C61H49NSi/c1-40-31-34-44(63(43-19-7-6-8-20-43)58-29-17-12-24-50(58)51-25-13-18-30-59(51)63)39-57(40)62(42-33-36-49-47-23-10-15-27-53(47)61(4,5)55(49)38-42)56-28-16-11-21-45(56)41-32-35-48-46-22-9-14-26-52(46)60(2,3)54(48)37-41/h6-39H,1-5H3. The zero-order valence-electron chi connectivity index (χ0n) is 36.6. The molecule has 1 heterocycles. The Balaban J connectivity index is 1.12. The Kier molecular flexibility index (Phi) is 8.23. The molecule has 2 heteroatoms. The number of hydrogen-bond acceptors (Lipinski definition) is 1. The van der Waals surface area contributed by atoms with Crippen LogP contribution in [-0.2, 0) is 10.8 Å². The van der Waals surface area contributed by atoms with Gasteiger partial charge in [0.15, 0.2) is 8.07 Å². The van der Waals surface area contributed by atoms with Gasteiger partial charge in [-0.2, -0.15) is 0 Å². The summed E-state index contributed by atoms with van der Waals surface area (Å²) >= 11 is 0. The van der Waals surface area contributed by atoms with E-state index < -0.39 is 8.07 Å². The maximum absolute atomic E-state index is 2.77. The second kappa shape index (κ2) is 13.7. The number of hydrogen-bond donors (Lipinski definition) is 0. The average Bonchev–Trinajstić information content (AvgIpc) is 3.85. The Hall–Kier alpha value is -7.00. The number of para-hydroxylation sites is 1. The third-order valence-electron chi connectivity index (χ3n) is 14.9. The summed E-state index contributed by atoms with van der Waals surface area (Å²) in [7, 11) is -2.77. The molecule has 12 rings (SSSR count). The second-order valence-electron chi connectivity index (χ2n) is 18.9. The Morgan fingerprint density at radius 1 is 0.349 bits per heavy atom. The van der Waals surface area contributed by atoms with Crippen LogP contribution >= 0.6 is 0 Å². The van der Waals surface area contributed by atoms with Crippen LogP contribution in [0.2, 0.25) is 0 Å². The molecule has 0 spiro atoms. The summed E-state index contributed by atoms with van der Waals surface area (Å²) in [4.78, 5) is 2.58. The van der Waals surface area contributed by atoms with E-state index in [1.807, 2.05) is 0 Å². The lowest BCUT2D eigenvalue weighted by Gasteiger charge is -2.35. The predicted octanol–water partition coefficient (Wildman–Crippen LogP) is 13.1. The van der Waals surface area contributed by atoms with Crippen molar-refractivity contribution in [2.24, 2.45) is 0 Å². The van der Waals surface area contributed by atoms with Gasteiger partial charge in [-0.3, -0.25) is 0 Å². The number of fused-ring (bicyclic) bond motifs is 9. The van der Waals surface area contributed by atoms with Gasteiger partial charge >= 0.3 is 0 Å². The van der Waals surface area contributed by atoms with Crippen LogP contribution in [0.4, 0.5) is 17.1 Å². The maximum atomic E-state index is 2.58. The molecule has 63 heavy (non-hydrogen) atoms. The van der Waals surface area contributed by atoms with Crippen LogP contribution in [0.25, 0.3) is 44.5 Å². The second-order valence-corrected chi connectivity index (χ2v) is 22.6. The fraction of sp³-hybridized carbons (Fsp3) is 0.115. The van der Waals surface area contributed by atoms with Gasteiger partial charge in [0.05, 0.1) is 5.69 Å². The molecule has 0 fully saturated rings. The lowest BCUT2D eigenvalue weighted by atomic mass is 9.81. The fourth-order valence-electron chi connectivity index (χ4n) is 11.8. The highest BCUT2D eigenvalue weighted by Gasteiger charge is 2.49. The van der Waals surface area contributed by atoms with E-state index in [0.717, 1.165) is 0 Å². The highest BCUT2D eigenvalue weighted by molar-refractivity contribution is 7.22. The van der Waals surface area contributed by atoms with E-state index in [-0.39, 0.29) is 10.8 Å². The lowest BCUT2D eigenvalue weighted by molar-refractivity contribution is 0.660. The Morgan fingerprint density at radius 3 is 1.48 bits per heavy atom. The van der Waals surface area contributed by atoms with Crippen LogP contribution in [0, 0.1) is 6.92 Å². The van der Waals surface area contributed by atoms with E-state index in [1.54, 1.807) is 0 Å². The van der Waals surface area contributed by atoms with E-state index in [1.165, 1.54) is 110 Å². The molecule has 1 nitrogen and oxygen atoms in total. The van der Waals surface area contributed by atoms with E-state index in [9.17, 15) is 0 Å². The van der Waals surface area contributed by atoms with Crippen molar-refractivity contribution in [2.45, 2.75) is 45.4 Å². The summed E-state index contributed by atoms with van der Waals surface area (Å²) in [6.45, 7) is 11.8. The minimum atomic E-state index is -2.77. The number of rotatable bonds is 6. The topological polar surface area (TPSA) is 3.24 Å². The number of aryl methyl sites for hydroxylation is 1. The first kappa shape index (κ1) is 37.7. The molecule has 302 valence electrons. The molecule has 0 saturated heterocycles. The number of anilines is 3. The van der Waals surface area contributed by atoms with Crippen molar-refractivity contribution in [3.8, 4) is 44.5 Å². The fourth-order valence-corrected chi connectivity index (χ4v) is 17.0. The Labute approximate surface area is 373 Å². The normalized spacial score (nSPS) is 15.1. The zero-order chi connectivity index (χ0) is 42.7. The molecular weight excluding hydrogens is 775 g/mol. The lowest BCUT2D eigenvalue weighted by Crippen LogP contribution is -2.72. The van der Waals surface area contributed by atoms with Crippen molar-refractivity contribution in [1.82, 2.24) is 0 Å². The van der Waals surface area contributed by atoms with Crippen molar-refractivity contribution >= 4 is 45.9 Å². The molecule has 0 saturated carbocycles. The Bertz CT molecular complexity index is 3270. The van der Waals surface area contributed by atoms with E-state index in [2.05, 4.69) is 246 Å². The van der Waals surface area contributed by atoms with Gasteiger partial charge in [-0.25, -0.2) is 0 Å². The van der Waals surface area contributed by atoms with Gasteiger partial charge in [0, 0.05) is 27.8 Å². The highest BCUT2D eigenvalue weighted by Crippen LogP contribution is 2.53. The van der Waals surface area contributed by atoms with Gasteiger partial charge in [0.2, 0.25) is 0 Å². The summed E-state index contributed by atoms with van der Waals surface area (Å²) in [6, 6.07) is 78.6. The first-order valence-electron chi connectivity index (χ1n) is 22.4. The molecule has 0 atom stereocenters. The molecule has 0 amide bonds. The monoisotopic (exact) mass is 823 g/mol. The third kappa shape index (κ3) is 5.28. The van der Waals surface area contributed by atoms with Crippen molar-refractivity contribution in [1.29, 1.82) is 0 Å². The maximum Gasteiger partial charge on any atom is 0.180 e. The van der Waals surface area contributed by atoms with Crippen LogP contribution in [0.1, 0.15) is 55.5 Å². The molecule has 9 aromatic rings. The van der Waals surface area contributed by atoms with Crippen molar-refractivity contribution in [2.75, 3.05) is 4.90 Å². The summed E-state index contributed by atoms with van der Waals surface area (Å²) in [5.74, 6) is 0. The summed E-state index contributed by atoms with van der Waals surface area (Å²) in [6.07, 6.45) is 0. The van der Waals surface area contributed by atoms with E-state index in [4.69, 9.17) is 0 Å². The molecule has 1 aliphatic heterocycles. The number of nitrogens with zero attached hydrogens (tertiary/aromatic N) is 1. The third-order valence-corrected chi connectivity index (χ3v) is 19.8. The van der Waals surface area contributed by atoms with Gasteiger partial charge in [0.1, 0.15) is 0 Å². The van der Waals surface area contributed by atoms with Crippen LogP contribution in [-0.4, -0.2) is 8.07 Å². The highest BCUT2D eigenvalue weighted by atomic mass is 28.3. The van der Waals surface area contributed by atoms with Crippen LogP contribution in [0.15, 0.2) is 206 Å². The van der Waals surface area contributed by atoms with Crippen molar-refractivity contribution in [3.05, 3.63) is 234 Å². The van der Waals surface area contributed by atoms with Crippen molar-refractivity contribution < 1.29 is 0 Å². The minimum Gasteiger partial charge on any atom is -0.310 e.